The van der Waals surface area contributed by atoms with Crippen LogP contribution in [0.15, 0.2) is 30.3 Å². The van der Waals surface area contributed by atoms with Crippen molar-refractivity contribution >= 4 is 39.6 Å². The highest BCUT2D eigenvalue weighted by atomic mass is 35.5. The van der Waals surface area contributed by atoms with Gasteiger partial charge in [-0.3, -0.25) is 4.79 Å². The molecule has 2 aromatic carbocycles. The second-order valence-electron chi connectivity index (χ2n) is 7.23. The molecule has 0 saturated heterocycles. The van der Waals surface area contributed by atoms with E-state index in [1.165, 1.54) is 11.1 Å². The Balaban J connectivity index is 1.40. The Labute approximate surface area is 167 Å². The Morgan fingerprint density at radius 1 is 1.00 bits per heavy atom. The van der Waals surface area contributed by atoms with Crippen molar-refractivity contribution in [1.29, 1.82) is 0 Å². The lowest BCUT2D eigenvalue weighted by Crippen LogP contribution is -2.27. The van der Waals surface area contributed by atoms with Crippen molar-refractivity contribution in [3.05, 3.63) is 58.1 Å². The number of imidazole rings is 2. The van der Waals surface area contributed by atoms with Crippen LogP contribution in [0.5, 0.6) is 0 Å². The molecular weight excluding hydrogens is 374 g/mol. The van der Waals surface area contributed by atoms with Gasteiger partial charge in [0.1, 0.15) is 11.6 Å². The average molecular weight is 396 g/mol. The number of hydrogen-bond donors (Lipinski definition) is 2. The molecule has 0 unspecified atom stereocenters. The summed E-state index contributed by atoms with van der Waals surface area (Å²) in [4.78, 5) is 29.9. The molecular formula is C21H22ClN5O. The largest absolute Gasteiger partial charge is 0.342 e. The SMILES string of the molecule is Cc1cc2nc(CCC(=O)N(C)Cc3nc4ccc(Cl)cc4[nH]3)[nH]c2cc1C. The number of aryl methyl sites for hydroxylation is 3. The van der Waals surface area contributed by atoms with Gasteiger partial charge in [0.05, 0.1) is 28.6 Å². The third kappa shape index (κ3) is 3.73. The maximum absolute atomic E-state index is 12.5. The molecule has 0 spiro atoms. The number of carbonyl (C=O) groups is 1. The number of carbonyl (C=O) groups excluding carboxylic acids is 1. The fourth-order valence-corrected chi connectivity index (χ4v) is 3.45. The fraction of sp³-hybridized carbons (Fsp3) is 0.286. The molecule has 0 bridgehead atoms. The second-order valence-corrected chi connectivity index (χ2v) is 7.67. The normalized spacial score (nSPS) is 11.4. The van der Waals surface area contributed by atoms with Crippen LogP contribution in [0.25, 0.3) is 22.1 Å². The number of fused-ring (bicyclic) bond motifs is 2. The predicted molar refractivity (Wildman–Crippen MR) is 111 cm³/mol. The third-order valence-corrected chi connectivity index (χ3v) is 5.26. The number of aromatic amines is 2. The lowest BCUT2D eigenvalue weighted by Gasteiger charge is -2.15. The molecule has 0 aliphatic heterocycles. The van der Waals surface area contributed by atoms with Crippen molar-refractivity contribution in [3.8, 4) is 0 Å². The van der Waals surface area contributed by atoms with Crippen molar-refractivity contribution < 1.29 is 4.79 Å². The molecule has 2 aromatic heterocycles. The molecule has 28 heavy (non-hydrogen) atoms. The minimum Gasteiger partial charge on any atom is -0.342 e. The molecule has 4 aromatic rings. The molecule has 0 aliphatic rings. The molecule has 2 N–H and O–H groups in total. The number of H-pyrrole nitrogens is 2. The van der Waals surface area contributed by atoms with Crippen LogP contribution in [-0.2, 0) is 17.8 Å². The zero-order valence-corrected chi connectivity index (χ0v) is 16.9. The van der Waals surface area contributed by atoms with E-state index in [0.717, 1.165) is 33.7 Å². The minimum atomic E-state index is 0.0475. The van der Waals surface area contributed by atoms with E-state index in [0.29, 0.717) is 24.4 Å². The van der Waals surface area contributed by atoms with Crippen LogP contribution >= 0.6 is 11.6 Å². The quantitative estimate of drug-likeness (QED) is 0.528. The highest BCUT2D eigenvalue weighted by Gasteiger charge is 2.14. The molecule has 7 heteroatoms. The number of nitrogens with one attached hydrogen (secondary N) is 2. The van der Waals surface area contributed by atoms with Crippen LogP contribution < -0.4 is 0 Å². The third-order valence-electron chi connectivity index (χ3n) is 5.03. The summed E-state index contributed by atoms with van der Waals surface area (Å²) in [6.07, 6.45) is 0.964. The van der Waals surface area contributed by atoms with Crippen molar-refractivity contribution in [2.24, 2.45) is 0 Å². The number of benzene rings is 2. The van der Waals surface area contributed by atoms with Crippen molar-refractivity contribution in [1.82, 2.24) is 24.8 Å². The highest BCUT2D eigenvalue weighted by Crippen LogP contribution is 2.19. The first-order valence-corrected chi connectivity index (χ1v) is 9.61. The van der Waals surface area contributed by atoms with E-state index in [1.807, 2.05) is 12.1 Å². The van der Waals surface area contributed by atoms with Gasteiger partial charge in [-0.2, -0.15) is 0 Å². The second kappa shape index (κ2) is 7.28. The van der Waals surface area contributed by atoms with Gasteiger partial charge in [0.15, 0.2) is 0 Å². The van der Waals surface area contributed by atoms with Crippen LogP contribution in [0.4, 0.5) is 0 Å². The molecule has 0 saturated carbocycles. The first-order chi connectivity index (χ1) is 13.4. The molecule has 0 aliphatic carbocycles. The van der Waals surface area contributed by atoms with E-state index in [1.54, 1.807) is 18.0 Å². The van der Waals surface area contributed by atoms with Crippen molar-refractivity contribution in [2.75, 3.05) is 7.05 Å². The Morgan fingerprint density at radius 3 is 2.50 bits per heavy atom. The van der Waals surface area contributed by atoms with Gasteiger partial charge in [-0.05, 0) is 55.3 Å². The molecule has 144 valence electrons. The van der Waals surface area contributed by atoms with Gasteiger partial charge in [0.2, 0.25) is 5.91 Å². The fourth-order valence-electron chi connectivity index (χ4n) is 3.28. The summed E-state index contributed by atoms with van der Waals surface area (Å²) >= 11 is 6.01. The van der Waals surface area contributed by atoms with Crippen LogP contribution in [-0.4, -0.2) is 37.8 Å². The van der Waals surface area contributed by atoms with E-state index < -0.39 is 0 Å². The standard InChI is InChI=1S/C21H22ClN5O/c1-12-8-16-17(9-13(12)2)25-19(24-16)6-7-21(28)27(3)11-20-23-15-5-4-14(22)10-18(15)26-20/h4-5,8-10H,6-7,11H2,1-3H3,(H,23,26)(H,24,25). The zero-order chi connectivity index (χ0) is 19.8. The van der Waals surface area contributed by atoms with E-state index in [-0.39, 0.29) is 5.91 Å². The summed E-state index contributed by atoms with van der Waals surface area (Å²) in [5, 5.41) is 0.656. The molecule has 1 amide bonds. The zero-order valence-electron chi connectivity index (χ0n) is 16.1. The van der Waals surface area contributed by atoms with E-state index in [2.05, 4.69) is 45.9 Å². The number of amides is 1. The van der Waals surface area contributed by atoms with Gasteiger partial charge in [-0.1, -0.05) is 11.6 Å². The topological polar surface area (TPSA) is 77.7 Å². The van der Waals surface area contributed by atoms with E-state index >= 15 is 0 Å². The Morgan fingerprint density at radius 2 is 1.68 bits per heavy atom. The van der Waals surface area contributed by atoms with Gasteiger partial charge < -0.3 is 14.9 Å². The smallest absolute Gasteiger partial charge is 0.223 e. The summed E-state index contributed by atoms with van der Waals surface area (Å²) in [6, 6.07) is 9.68. The minimum absolute atomic E-state index is 0.0475. The molecule has 0 fully saturated rings. The van der Waals surface area contributed by atoms with Gasteiger partial charge in [-0.15, -0.1) is 0 Å². The van der Waals surface area contributed by atoms with Gasteiger partial charge >= 0.3 is 0 Å². The van der Waals surface area contributed by atoms with Crippen LogP contribution in [0, 0.1) is 13.8 Å². The maximum Gasteiger partial charge on any atom is 0.223 e. The number of rotatable bonds is 5. The van der Waals surface area contributed by atoms with Gasteiger partial charge in [0.25, 0.3) is 0 Å². The number of nitrogens with zero attached hydrogens (tertiary/aromatic N) is 3. The molecule has 2 heterocycles. The number of hydrogen-bond acceptors (Lipinski definition) is 3. The number of halogens is 1. The summed E-state index contributed by atoms with van der Waals surface area (Å²) in [6.45, 7) is 4.58. The molecule has 4 rings (SSSR count). The predicted octanol–water partition coefficient (Wildman–Crippen LogP) is 4.30. The average Bonchev–Trinajstić information content (AvgIpc) is 3.22. The maximum atomic E-state index is 12.5. The van der Waals surface area contributed by atoms with Crippen molar-refractivity contribution in [2.45, 2.75) is 33.2 Å². The van der Waals surface area contributed by atoms with Gasteiger partial charge in [0, 0.05) is 24.9 Å². The monoisotopic (exact) mass is 395 g/mol. The highest BCUT2D eigenvalue weighted by molar-refractivity contribution is 6.31. The first-order valence-electron chi connectivity index (χ1n) is 9.23. The summed E-state index contributed by atoms with van der Waals surface area (Å²) < 4.78 is 0. The lowest BCUT2D eigenvalue weighted by atomic mass is 10.1. The molecule has 0 atom stereocenters. The molecule has 6 nitrogen and oxygen atoms in total. The summed E-state index contributed by atoms with van der Waals surface area (Å²) in [5.74, 6) is 1.62. The Hall–Kier alpha value is -2.86. The van der Waals surface area contributed by atoms with Gasteiger partial charge in [-0.25, -0.2) is 9.97 Å². The number of aromatic nitrogens is 4. The van der Waals surface area contributed by atoms with E-state index in [9.17, 15) is 4.79 Å². The lowest BCUT2D eigenvalue weighted by molar-refractivity contribution is -0.130. The van der Waals surface area contributed by atoms with E-state index in [4.69, 9.17) is 11.6 Å². The van der Waals surface area contributed by atoms with Crippen LogP contribution in [0.2, 0.25) is 5.02 Å². The summed E-state index contributed by atoms with van der Waals surface area (Å²) in [5.41, 5.74) is 6.11. The Bertz CT molecular complexity index is 1140. The summed E-state index contributed by atoms with van der Waals surface area (Å²) in [7, 11) is 1.79. The van der Waals surface area contributed by atoms with Crippen molar-refractivity contribution in [3.63, 3.8) is 0 Å². The van der Waals surface area contributed by atoms with Crippen LogP contribution in [0.3, 0.4) is 0 Å². The molecule has 0 radical (unpaired) electrons. The van der Waals surface area contributed by atoms with Crippen LogP contribution in [0.1, 0.15) is 29.2 Å². The Kier molecular flexibility index (Phi) is 4.81. The first kappa shape index (κ1) is 18.5.